The molecule has 0 bridgehead atoms. The van der Waals surface area contributed by atoms with Gasteiger partial charge >= 0.3 is 6.18 Å². The highest BCUT2D eigenvalue weighted by Gasteiger charge is 2.35. The van der Waals surface area contributed by atoms with E-state index in [1.165, 1.54) is 7.11 Å². The average molecular weight is 601 g/mol. The Morgan fingerprint density at radius 1 is 1.02 bits per heavy atom. The van der Waals surface area contributed by atoms with E-state index in [4.69, 9.17) is 38.0 Å². The topological polar surface area (TPSA) is 97.6 Å². The molecule has 5 aromatic rings. The second-order valence-electron chi connectivity index (χ2n) is 9.32. The maximum absolute atomic E-state index is 13.1. The van der Waals surface area contributed by atoms with Gasteiger partial charge in [-0.3, -0.25) is 5.10 Å². The largest absolute Gasteiger partial charge is 0.492 e. The van der Waals surface area contributed by atoms with Crippen molar-refractivity contribution in [3.8, 4) is 34.2 Å². The Hall–Kier alpha value is -4.16. The summed E-state index contributed by atoms with van der Waals surface area (Å²) in [6, 6.07) is 15.4. The number of ether oxygens (including phenoxy) is 1. The molecule has 6 rings (SSSR count). The summed E-state index contributed by atoms with van der Waals surface area (Å²) >= 11 is 12.7. The highest BCUT2D eigenvalue weighted by molar-refractivity contribution is 6.32. The summed E-state index contributed by atoms with van der Waals surface area (Å²) in [7, 11) is 1.54. The van der Waals surface area contributed by atoms with E-state index in [0.717, 1.165) is 17.8 Å². The number of hydrogen-bond acceptors (Lipinski definition) is 7. The third-order valence-electron chi connectivity index (χ3n) is 6.75. The zero-order valence-electron chi connectivity index (χ0n) is 21.4. The summed E-state index contributed by atoms with van der Waals surface area (Å²) < 4.78 is 47.0. The van der Waals surface area contributed by atoms with Crippen LogP contribution >= 0.6 is 23.2 Å². The Morgan fingerprint density at radius 2 is 1.80 bits per heavy atom. The van der Waals surface area contributed by atoms with Crippen LogP contribution in [0.3, 0.4) is 0 Å². The molecule has 1 aliphatic rings. The fraction of sp³-hybridized carbons (Fsp3) is 0.222. The monoisotopic (exact) mass is 600 g/mol. The Labute approximate surface area is 241 Å². The Balaban J connectivity index is 1.35. The van der Waals surface area contributed by atoms with Crippen molar-refractivity contribution in [1.82, 2.24) is 34.9 Å². The van der Waals surface area contributed by atoms with Crippen molar-refractivity contribution in [3.63, 3.8) is 0 Å². The summed E-state index contributed by atoms with van der Waals surface area (Å²) in [5, 5.41) is 13.3. The molecule has 1 aliphatic heterocycles. The molecule has 1 atom stereocenters. The first kappa shape index (κ1) is 27.0. The van der Waals surface area contributed by atoms with Gasteiger partial charge in [-0.05, 0) is 36.8 Å². The number of halogens is 5. The predicted molar refractivity (Wildman–Crippen MR) is 148 cm³/mol. The van der Waals surface area contributed by atoms with Gasteiger partial charge in [0.15, 0.2) is 11.4 Å². The molecule has 0 spiro atoms. The predicted octanol–water partition coefficient (Wildman–Crippen LogP) is 6.44. The lowest BCUT2D eigenvalue weighted by atomic mass is 10.1. The molecule has 14 heteroatoms. The van der Waals surface area contributed by atoms with Crippen molar-refractivity contribution in [1.29, 1.82) is 0 Å². The number of aromatic amines is 1. The standard InChI is InChI=1S/C27H21Cl2F3N8O/c1-41-23-21(38-40(19-5-3-2-4-18(19)29)22(23)15-6-8-17(28)9-7-15)25-35-24(36-37-25)16-11-13-39(14-16)26-33-12-10-20(34-26)27(30,31)32/h2-10,12,16H,11,13-14H2,1H3,(H,35,36,37). The molecule has 41 heavy (non-hydrogen) atoms. The lowest BCUT2D eigenvalue weighted by Gasteiger charge is -2.16. The average Bonchev–Trinajstić information content (AvgIpc) is 3.72. The van der Waals surface area contributed by atoms with Crippen molar-refractivity contribution < 1.29 is 17.9 Å². The first-order valence-corrected chi connectivity index (χ1v) is 13.2. The van der Waals surface area contributed by atoms with Crippen molar-refractivity contribution in [2.24, 2.45) is 0 Å². The summed E-state index contributed by atoms with van der Waals surface area (Å²) in [6.07, 6.45) is -2.81. The Bertz CT molecular complexity index is 1700. The van der Waals surface area contributed by atoms with Crippen molar-refractivity contribution in [2.45, 2.75) is 18.5 Å². The van der Waals surface area contributed by atoms with Crippen LogP contribution in [0.15, 0.2) is 60.8 Å². The Morgan fingerprint density at radius 3 is 2.54 bits per heavy atom. The van der Waals surface area contributed by atoms with E-state index in [0.29, 0.717) is 64.0 Å². The van der Waals surface area contributed by atoms with Gasteiger partial charge in [-0.25, -0.2) is 19.6 Å². The zero-order chi connectivity index (χ0) is 28.7. The van der Waals surface area contributed by atoms with Crippen molar-refractivity contribution in [3.05, 3.63) is 82.4 Å². The molecule has 0 aliphatic carbocycles. The number of anilines is 1. The van der Waals surface area contributed by atoms with E-state index in [2.05, 4.69) is 20.2 Å². The van der Waals surface area contributed by atoms with Gasteiger partial charge in [-0.1, -0.05) is 47.5 Å². The summed E-state index contributed by atoms with van der Waals surface area (Å²) in [6.45, 7) is 0.838. The summed E-state index contributed by atoms with van der Waals surface area (Å²) in [5.41, 5.74) is 1.45. The van der Waals surface area contributed by atoms with Crippen LogP contribution in [0.2, 0.25) is 10.0 Å². The van der Waals surface area contributed by atoms with Gasteiger partial charge in [0, 0.05) is 35.8 Å². The molecule has 0 saturated carbocycles. The van der Waals surface area contributed by atoms with Gasteiger partial charge < -0.3 is 9.64 Å². The third kappa shape index (κ3) is 5.20. The van der Waals surface area contributed by atoms with Crippen LogP contribution in [-0.4, -0.2) is 55.1 Å². The number of alkyl halides is 3. The second-order valence-corrected chi connectivity index (χ2v) is 10.2. The van der Waals surface area contributed by atoms with E-state index in [-0.39, 0.29) is 11.9 Å². The van der Waals surface area contributed by atoms with Crippen molar-refractivity contribution >= 4 is 29.2 Å². The highest BCUT2D eigenvalue weighted by Crippen LogP contribution is 2.41. The molecule has 2 aromatic carbocycles. The molecule has 0 radical (unpaired) electrons. The van der Waals surface area contributed by atoms with Crippen LogP contribution in [0.4, 0.5) is 19.1 Å². The number of para-hydroxylation sites is 1. The van der Waals surface area contributed by atoms with Gasteiger partial charge in [-0.2, -0.15) is 23.4 Å². The second kappa shape index (κ2) is 10.7. The first-order chi connectivity index (χ1) is 19.7. The van der Waals surface area contributed by atoms with Crippen LogP contribution in [-0.2, 0) is 6.18 Å². The molecule has 210 valence electrons. The van der Waals surface area contributed by atoms with Crippen LogP contribution in [0, 0.1) is 0 Å². The maximum atomic E-state index is 13.1. The van der Waals surface area contributed by atoms with Gasteiger partial charge in [0.2, 0.25) is 11.8 Å². The van der Waals surface area contributed by atoms with E-state index < -0.39 is 11.9 Å². The fourth-order valence-corrected chi connectivity index (χ4v) is 5.13. The number of hydrogen-bond donors (Lipinski definition) is 1. The molecular formula is C27H21Cl2F3N8O. The Kier molecular flexibility index (Phi) is 7.04. The summed E-state index contributed by atoms with van der Waals surface area (Å²) in [4.78, 5) is 14.2. The molecule has 1 saturated heterocycles. The van der Waals surface area contributed by atoms with E-state index in [1.807, 2.05) is 30.3 Å². The van der Waals surface area contributed by atoms with E-state index in [9.17, 15) is 13.2 Å². The quantitative estimate of drug-likeness (QED) is 0.239. The number of aromatic nitrogens is 7. The highest BCUT2D eigenvalue weighted by atomic mass is 35.5. The van der Waals surface area contributed by atoms with Gasteiger partial charge in [0.1, 0.15) is 17.2 Å². The normalized spacial score (nSPS) is 15.5. The molecule has 1 N–H and O–H groups in total. The van der Waals surface area contributed by atoms with Crippen LogP contribution in [0.5, 0.6) is 5.75 Å². The first-order valence-electron chi connectivity index (χ1n) is 12.5. The van der Waals surface area contributed by atoms with E-state index >= 15 is 0 Å². The molecule has 0 amide bonds. The number of H-pyrrole nitrogens is 1. The molecule has 1 fully saturated rings. The molecule has 9 nitrogen and oxygen atoms in total. The molecular weight excluding hydrogens is 580 g/mol. The minimum Gasteiger partial charge on any atom is -0.492 e. The number of benzene rings is 2. The van der Waals surface area contributed by atoms with Gasteiger partial charge in [0.25, 0.3) is 0 Å². The van der Waals surface area contributed by atoms with Gasteiger partial charge in [-0.15, -0.1) is 0 Å². The summed E-state index contributed by atoms with van der Waals surface area (Å²) in [5.74, 6) is 1.18. The molecule has 1 unspecified atom stereocenters. The molecule has 4 heterocycles. The van der Waals surface area contributed by atoms with E-state index in [1.54, 1.807) is 27.8 Å². The minimum absolute atomic E-state index is 0.0230. The number of nitrogens with zero attached hydrogens (tertiary/aromatic N) is 7. The lowest BCUT2D eigenvalue weighted by molar-refractivity contribution is -0.141. The fourth-order valence-electron chi connectivity index (χ4n) is 4.79. The smallest absolute Gasteiger partial charge is 0.433 e. The van der Waals surface area contributed by atoms with Crippen LogP contribution < -0.4 is 9.64 Å². The SMILES string of the molecule is COc1c(-c2n[nH]c(C3CCN(c4nccc(C(F)(F)F)n4)C3)n2)nn(-c2ccccc2Cl)c1-c1ccc(Cl)cc1. The third-order valence-corrected chi connectivity index (χ3v) is 7.32. The van der Waals surface area contributed by atoms with Gasteiger partial charge in [0.05, 0.1) is 17.8 Å². The zero-order valence-corrected chi connectivity index (χ0v) is 22.9. The number of nitrogens with one attached hydrogen (secondary N) is 1. The number of methoxy groups -OCH3 is 1. The van der Waals surface area contributed by atoms with Crippen molar-refractivity contribution in [2.75, 3.05) is 25.1 Å². The number of rotatable bonds is 6. The van der Waals surface area contributed by atoms with Crippen LogP contribution in [0.25, 0.3) is 28.5 Å². The van der Waals surface area contributed by atoms with Crippen LogP contribution in [0.1, 0.15) is 23.9 Å². The lowest BCUT2D eigenvalue weighted by Crippen LogP contribution is -2.23. The maximum Gasteiger partial charge on any atom is 0.433 e. The minimum atomic E-state index is -4.55. The molecule has 3 aromatic heterocycles.